The molecule has 1 aromatic rings. The molecule has 0 fully saturated rings. The lowest BCUT2D eigenvalue weighted by atomic mass is 9.80. The normalized spacial score (nSPS) is 23.2. The Hall–Kier alpha value is -0.930. The van der Waals surface area contributed by atoms with Crippen LogP contribution >= 0.6 is 0 Å². The van der Waals surface area contributed by atoms with Crippen molar-refractivity contribution in [3.05, 3.63) is 29.6 Å². The van der Waals surface area contributed by atoms with Gasteiger partial charge in [0.1, 0.15) is 0 Å². The van der Waals surface area contributed by atoms with Gasteiger partial charge < -0.3 is 10.2 Å². The van der Waals surface area contributed by atoms with Crippen LogP contribution in [0.1, 0.15) is 43.9 Å². The summed E-state index contributed by atoms with van der Waals surface area (Å²) in [5, 5.41) is 20.3. The molecular weight excluding hydrogens is 214 g/mol. The van der Waals surface area contributed by atoms with Crippen molar-refractivity contribution in [1.29, 1.82) is 0 Å². The maximum atomic E-state index is 10.3. The molecule has 0 radical (unpaired) electrons. The van der Waals surface area contributed by atoms with Gasteiger partial charge in [-0.1, -0.05) is 19.9 Å². The summed E-state index contributed by atoms with van der Waals surface area (Å²) in [7, 11) is 0. The average molecular weight is 235 g/mol. The quantitative estimate of drug-likeness (QED) is 0.841. The molecule has 3 heteroatoms. The zero-order chi connectivity index (χ0) is 12.4. The van der Waals surface area contributed by atoms with Gasteiger partial charge in [0, 0.05) is 17.8 Å². The molecule has 0 amide bonds. The highest BCUT2D eigenvalue weighted by Crippen LogP contribution is 2.34. The third kappa shape index (κ3) is 2.50. The van der Waals surface area contributed by atoms with Crippen molar-refractivity contribution in [1.82, 2.24) is 4.98 Å². The van der Waals surface area contributed by atoms with E-state index in [0.717, 1.165) is 25.0 Å². The Bertz CT molecular complexity index is 378. The minimum Gasteiger partial charge on any atom is -0.390 e. The molecule has 0 saturated carbocycles. The lowest BCUT2D eigenvalue weighted by molar-refractivity contribution is -0.0262. The molecule has 0 aromatic carbocycles. The van der Waals surface area contributed by atoms with E-state index in [1.165, 1.54) is 5.56 Å². The summed E-state index contributed by atoms with van der Waals surface area (Å²) in [6.07, 6.45) is 3.40. The van der Waals surface area contributed by atoms with E-state index in [9.17, 15) is 10.2 Å². The highest BCUT2D eigenvalue weighted by Gasteiger charge is 2.33. The number of hydrogen-bond donors (Lipinski definition) is 2. The molecule has 0 bridgehead atoms. The van der Waals surface area contributed by atoms with Gasteiger partial charge in [-0.05, 0) is 36.8 Å². The first-order valence-electron chi connectivity index (χ1n) is 6.41. The monoisotopic (exact) mass is 235 g/mol. The molecule has 0 spiro atoms. The third-order valence-corrected chi connectivity index (χ3v) is 3.68. The minimum atomic E-state index is -0.705. The van der Waals surface area contributed by atoms with E-state index in [4.69, 9.17) is 0 Å². The molecule has 0 saturated heterocycles. The number of aromatic nitrogens is 1. The number of aliphatic hydroxyl groups is 2. The number of fused-ring (bicyclic) bond motifs is 1. The summed E-state index contributed by atoms with van der Waals surface area (Å²) in [5.74, 6) is 0.0523. The highest BCUT2D eigenvalue weighted by atomic mass is 16.3. The molecule has 3 unspecified atom stereocenters. The maximum Gasteiger partial charge on any atom is 0.0885 e. The van der Waals surface area contributed by atoms with E-state index in [-0.39, 0.29) is 11.8 Å². The van der Waals surface area contributed by atoms with Gasteiger partial charge in [-0.3, -0.25) is 4.98 Å². The molecule has 1 aliphatic carbocycles. The second kappa shape index (κ2) is 5.15. The molecule has 0 aliphatic heterocycles. The second-order valence-corrected chi connectivity index (χ2v) is 5.27. The van der Waals surface area contributed by atoms with E-state index in [0.29, 0.717) is 0 Å². The molecule has 94 valence electrons. The fraction of sp³-hybridized carbons (Fsp3) is 0.643. The number of nitrogens with zero attached hydrogens (tertiary/aromatic N) is 1. The summed E-state index contributed by atoms with van der Waals surface area (Å²) in [6, 6.07) is 4.01. The van der Waals surface area contributed by atoms with Crippen molar-refractivity contribution in [3.8, 4) is 0 Å². The van der Waals surface area contributed by atoms with Crippen LogP contribution in [0.2, 0.25) is 0 Å². The molecule has 1 aromatic heterocycles. The number of rotatable bonds is 3. The number of aliphatic hydroxyl groups excluding tert-OH is 2. The van der Waals surface area contributed by atoms with Crippen LogP contribution in [-0.4, -0.2) is 27.4 Å². The van der Waals surface area contributed by atoms with Gasteiger partial charge in [0.2, 0.25) is 0 Å². The standard InChI is InChI=1S/C14H21NO2/c1-9(2)13(16)14(17)11-7-3-5-10-6-4-8-15-12(10)11/h4,6,8-9,11,13-14,16-17H,3,5,7H2,1-2H3. The lowest BCUT2D eigenvalue weighted by Gasteiger charge is -2.32. The van der Waals surface area contributed by atoms with E-state index >= 15 is 0 Å². The van der Waals surface area contributed by atoms with Gasteiger partial charge in [-0.25, -0.2) is 0 Å². The second-order valence-electron chi connectivity index (χ2n) is 5.27. The van der Waals surface area contributed by atoms with Crippen molar-refractivity contribution >= 4 is 0 Å². The average Bonchev–Trinajstić information content (AvgIpc) is 2.36. The predicted molar refractivity (Wildman–Crippen MR) is 66.8 cm³/mol. The number of hydrogen-bond acceptors (Lipinski definition) is 3. The highest BCUT2D eigenvalue weighted by molar-refractivity contribution is 5.27. The maximum absolute atomic E-state index is 10.3. The summed E-state index contributed by atoms with van der Waals surface area (Å²) >= 11 is 0. The van der Waals surface area contributed by atoms with Gasteiger partial charge in [0.15, 0.2) is 0 Å². The fourth-order valence-electron chi connectivity index (χ4n) is 2.61. The van der Waals surface area contributed by atoms with Gasteiger partial charge >= 0.3 is 0 Å². The van der Waals surface area contributed by atoms with Crippen molar-refractivity contribution in [2.75, 3.05) is 0 Å². The summed E-state index contributed by atoms with van der Waals surface area (Å²) < 4.78 is 0. The first-order valence-corrected chi connectivity index (χ1v) is 6.41. The van der Waals surface area contributed by atoms with E-state index in [2.05, 4.69) is 11.1 Å². The van der Waals surface area contributed by atoms with Crippen LogP contribution in [0.15, 0.2) is 18.3 Å². The smallest absolute Gasteiger partial charge is 0.0885 e. The molecule has 1 heterocycles. The lowest BCUT2D eigenvalue weighted by Crippen LogP contribution is -2.37. The molecule has 17 heavy (non-hydrogen) atoms. The van der Waals surface area contributed by atoms with E-state index in [1.807, 2.05) is 19.9 Å². The van der Waals surface area contributed by atoms with Crippen LogP contribution in [0, 0.1) is 5.92 Å². The van der Waals surface area contributed by atoms with Gasteiger partial charge in [0.05, 0.1) is 12.2 Å². The third-order valence-electron chi connectivity index (χ3n) is 3.68. The predicted octanol–water partition coefficient (Wildman–Crippen LogP) is 1.88. The zero-order valence-corrected chi connectivity index (χ0v) is 10.5. The topological polar surface area (TPSA) is 53.4 Å². The van der Waals surface area contributed by atoms with Crippen molar-refractivity contribution < 1.29 is 10.2 Å². The Kier molecular flexibility index (Phi) is 3.79. The van der Waals surface area contributed by atoms with Crippen LogP contribution in [0.4, 0.5) is 0 Å². The van der Waals surface area contributed by atoms with Crippen LogP contribution in [-0.2, 0) is 6.42 Å². The Morgan fingerprint density at radius 2 is 2.12 bits per heavy atom. The Labute approximate surface area is 103 Å². The zero-order valence-electron chi connectivity index (χ0n) is 10.5. The largest absolute Gasteiger partial charge is 0.390 e. The van der Waals surface area contributed by atoms with Crippen LogP contribution < -0.4 is 0 Å². The number of aryl methyl sites for hydroxylation is 1. The Balaban J connectivity index is 2.23. The number of pyridine rings is 1. The van der Waals surface area contributed by atoms with E-state index in [1.54, 1.807) is 6.20 Å². The Morgan fingerprint density at radius 1 is 1.35 bits per heavy atom. The fourth-order valence-corrected chi connectivity index (χ4v) is 2.61. The summed E-state index contributed by atoms with van der Waals surface area (Å²) in [4.78, 5) is 4.39. The molecule has 2 N–H and O–H groups in total. The van der Waals surface area contributed by atoms with Crippen LogP contribution in [0.5, 0.6) is 0 Å². The van der Waals surface area contributed by atoms with Crippen molar-refractivity contribution in [2.45, 2.75) is 51.2 Å². The molecule has 1 aliphatic rings. The van der Waals surface area contributed by atoms with Crippen molar-refractivity contribution in [3.63, 3.8) is 0 Å². The van der Waals surface area contributed by atoms with E-state index < -0.39 is 12.2 Å². The van der Waals surface area contributed by atoms with Gasteiger partial charge in [0.25, 0.3) is 0 Å². The van der Waals surface area contributed by atoms with Crippen LogP contribution in [0.3, 0.4) is 0 Å². The minimum absolute atomic E-state index is 0.0163. The summed E-state index contributed by atoms with van der Waals surface area (Å²) in [5.41, 5.74) is 2.20. The molecular formula is C14H21NO2. The van der Waals surface area contributed by atoms with Crippen molar-refractivity contribution in [2.24, 2.45) is 5.92 Å². The molecule has 2 rings (SSSR count). The van der Waals surface area contributed by atoms with Gasteiger partial charge in [-0.15, -0.1) is 0 Å². The molecule has 3 nitrogen and oxygen atoms in total. The molecule has 3 atom stereocenters. The summed E-state index contributed by atoms with van der Waals surface area (Å²) in [6.45, 7) is 3.85. The SMILES string of the molecule is CC(C)C(O)C(O)C1CCCc2cccnc21. The van der Waals surface area contributed by atoms with Crippen LogP contribution in [0.25, 0.3) is 0 Å². The first-order chi connectivity index (χ1) is 8.11. The van der Waals surface area contributed by atoms with Gasteiger partial charge in [-0.2, -0.15) is 0 Å². The first kappa shape index (κ1) is 12.5. The Morgan fingerprint density at radius 3 is 2.82 bits per heavy atom.